The van der Waals surface area contributed by atoms with E-state index in [-0.39, 0.29) is 10.8 Å². The third-order valence-electron chi connectivity index (χ3n) is 5.69. The summed E-state index contributed by atoms with van der Waals surface area (Å²) in [4.78, 5) is 23.1. The summed E-state index contributed by atoms with van der Waals surface area (Å²) in [6.07, 6.45) is 9.74. The van der Waals surface area contributed by atoms with Crippen LogP contribution in [0.15, 0.2) is 35.7 Å². The number of carbonyl (C=O) groups excluding carboxylic acids is 1. The van der Waals surface area contributed by atoms with E-state index in [2.05, 4.69) is 16.9 Å². The van der Waals surface area contributed by atoms with Crippen LogP contribution in [0.2, 0.25) is 0 Å². The molecule has 0 unspecified atom stereocenters. The third kappa shape index (κ3) is 4.20. The van der Waals surface area contributed by atoms with E-state index >= 15 is 0 Å². The number of nitrogens with zero attached hydrogens (tertiary/aromatic N) is 5. The Labute approximate surface area is 171 Å². The summed E-state index contributed by atoms with van der Waals surface area (Å²) in [5.41, 5.74) is 0.382. The third-order valence-corrected chi connectivity index (χ3v) is 7.54. The molecule has 0 spiro atoms. The van der Waals surface area contributed by atoms with E-state index in [1.54, 1.807) is 33.5 Å². The number of amides is 1. The van der Waals surface area contributed by atoms with Crippen LogP contribution in [-0.2, 0) is 10.0 Å². The second-order valence-electron chi connectivity index (χ2n) is 7.98. The highest BCUT2D eigenvalue weighted by molar-refractivity contribution is 7.89. The molecule has 2 saturated heterocycles. The molecule has 1 atom stereocenters. The molecule has 2 fully saturated rings. The lowest BCUT2D eigenvalue weighted by molar-refractivity contribution is 0.0719. The molecule has 0 N–H and O–H groups in total. The quantitative estimate of drug-likeness (QED) is 0.762. The average molecular weight is 418 g/mol. The fourth-order valence-corrected chi connectivity index (χ4v) is 5.55. The second-order valence-corrected chi connectivity index (χ2v) is 9.92. The van der Waals surface area contributed by atoms with Crippen LogP contribution in [0.25, 0.3) is 5.82 Å². The number of hydrogen-bond donors (Lipinski definition) is 0. The summed E-state index contributed by atoms with van der Waals surface area (Å²) < 4.78 is 28.9. The van der Waals surface area contributed by atoms with E-state index in [1.165, 1.54) is 6.20 Å². The van der Waals surface area contributed by atoms with Gasteiger partial charge in [-0.05, 0) is 50.2 Å². The maximum atomic E-state index is 12.9. The van der Waals surface area contributed by atoms with Crippen molar-refractivity contribution >= 4 is 15.9 Å². The van der Waals surface area contributed by atoms with Gasteiger partial charge in [0.2, 0.25) is 10.0 Å². The lowest BCUT2D eigenvalue weighted by atomic mass is 10.0. The molecule has 29 heavy (non-hydrogen) atoms. The Kier molecular flexibility index (Phi) is 5.69. The maximum Gasteiger partial charge on any atom is 0.274 e. The van der Waals surface area contributed by atoms with Crippen LogP contribution in [0.1, 0.15) is 49.5 Å². The highest BCUT2D eigenvalue weighted by Crippen LogP contribution is 2.23. The summed E-state index contributed by atoms with van der Waals surface area (Å²) in [7, 11) is -3.53. The topological polar surface area (TPSA) is 88.4 Å². The maximum absolute atomic E-state index is 12.9. The Bertz CT molecular complexity index is 964. The Morgan fingerprint density at radius 2 is 1.86 bits per heavy atom. The summed E-state index contributed by atoms with van der Waals surface area (Å²) in [5, 5.41) is 0. The van der Waals surface area contributed by atoms with Gasteiger partial charge in [0.25, 0.3) is 5.91 Å². The average Bonchev–Trinajstić information content (AvgIpc) is 3.24. The van der Waals surface area contributed by atoms with E-state index in [4.69, 9.17) is 0 Å². The predicted octanol–water partition coefficient (Wildman–Crippen LogP) is 2.31. The first-order valence-electron chi connectivity index (χ1n) is 10.2. The molecule has 2 aliphatic rings. The second kappa shape index (κ2) is 8.23. The van der Waals surface area contributed by atoms with Gasteiger partial charge in [0, 0.05) is 38.6 Å². The first-order chi connectivity index (χ1) is 13.9. The predicted molar refractivity (Wildman–Crippen MR) is 108 cm³/mol. The van der Waals surface area contributed by atoms with Crippen molar-refractivity contribution in [3.63, 3.8) is 0 Å². The van der Waals surface area contributed by atoms with Gasteiger partial charge in [-0.15, -0.1) is 0 Å². The zero-order valence-electron chi connectivity index (χ0n) is 16.7. The van der Waals surface area contributed by atoms with E-state index < -0.39 is 10.0 Å². The molecule has 9 heteroatoms. The zero-order chi connectivity index (χ0) is 20.4. The fourth-order valence-electron chi connectivity index (χ4n) is 4.01. The van der Waals surface area contributed by atoms with Gasteiger partial charge in [-0.1, -0.05) is 6.92 Å². The van der Waals surface area contributed by atoms with Crippen molar-refractivity contribution in [2.24, 2.45) is 5.92 Å². The molecule has 0 radical (unpaired) electrons. The van der Waals surface area contributed by atoms with Crippen molar-refractivity contribution in [2.75, 3.05) is 26.2 Å². The molecule has 8 nitrogen and oxygen atoms in total. The Morgan fingerprint density at radius 3 is 2.55 bits per heavy atom. The number of pyridine rings is 1. The van der Waals surface area contributed by atoms with Gasteiger partial charge in [0.15, 0.2) is 0 Å². The smallest absolute Gasteiger partial charge is 0.274 e. The minimum atomic E-state index is -3.53. The van der Waals surface area contributed by atoms with Crippen LogP contribution in [0.4, 0.5) is 0 Å². The molecule has 4 rings (SSSR count). The largest absolute Gasteiger partial charge is 0.337 e. The molecule has 0 saturated carbocycles. The number of likely N-dealkylation sites (tertiary alicyclic amines) is 1. The summed E-state index contributed by atoms with van der Waals surface area (Å²) in [6, 6.07) is 3.22. The molecule has 2 aromatic heterocycles. The van der Waals surface area contributed by atoms with E-state index in [0.717, 1.165) is 45.2 Å². The van der Waals surface area contributed by atoms with Crippen molar-refractivity contribution in [3.05, 3.63) is 36.5 Å². The fraction of sp³-hybridized carbons (Fsp3) is 0.550. The lowest BCUT2D eigenvalue weighted by Gasteiger charge is -2.29. The number of aromatic nitrogens is 3. The van der Waals surface area contributed by atoms with Gasteiger partial charge in [-0.25, -0.2) is 18.4 Å². The lowest BCUT2D eigenvalue weighted by Crippen LogP contribution is -2.39. The minimum Gasteiger partial charge on any atom is -0.337 e. The Morgan fingerprint density at radius 1 is 1.07 bits per heavy atom. The molecule has 2 aliphatic heterocycles. The van der Waals surface area contributed by atoms with Crippen molar-refractivity contribution in [1.29, 1.82) is 0 Å². The van der Waals surface area contributed by atoms with E-state index in [0.29, 0.717) is 30.5 Å². The molecule has 2 aromatic rings. The summed E-state index contributed by atoms with van der Waals surface area (Å²) in [5.74, 6) is 0.829. The highest BCUT2D eigenvalue weighted by atomic mass is 32.2. The van der Waals surface area contributed by atoms with Crippen molar-refractivity contribution in [2.45, 2.75) is 43.9 Å². The minimum absolute atomic E-state index is 0.0677. The molecule has 0 aromatic carbocycles. The number of piperidine rings is 2. The zero-order valence-corrected chi connectivity index (χ0v) is 17.5. The highest BCUT2D eigenvalue weighted by Gasteiger charge is 2.29. The van der Waals surface area contributed by atoms with Crippen LogP contribution < -0.4 is 0 Å². The van der Waals surface area contributed by atoms with Crippen LogP contribution in [0.5, 0.6) is 0 Å². The van der Waals surface area contributed by atoms with E-state index in [9.17, 15) is 13.2 Å². The molecule has 1 amide bonds. The van der Waals surface area contributed by atoms with Crippen LogP contribution in [-0.4, -0.2) is 64.2 Å². The Balaban J connectivity index is 1.49. The number of hydrogen-bond acceptors (Lipinski definition) is 5. The molecular weight excluding hydrogens is 390 g/mol. The molecule has 0 bridgehead atoms. The normalized spacial score (nSPS) is 21.3. The SMILES string of the molecule is C[C@H]1CCCN(S(=O)(=O)c2ccc(-n3cnc(C(=O)N4CCCCC4)c3)nc2)C1. The monoisotopic (exact) mass is 417 g/mol. The van der Waals surface area contributed by atoms with Crippen molar-refractivity contribution in [3.8, 4) is 5.82 Å². The number of carbonyl (C=O) groups is 1. The summed E-state index contributed by atoms with van der Waals surface area (Å²) >= 11 is 0. The molecule has 4 heterocycles. The first kappa shape index (κ1) is 20.0. The van der Waals surface area contributed by atoms with Gasteiger partial charge in [0.05, 0.1) is 0 Å². The van der Waals surface area contributed by atoms with Crippen molar-refractivity contribution < 1.29 is 13.2 Å². The Hall–Kier alpha value is -2.26. The van der Waals surface area contributed by atoms with Gasteiger partial charge in [-0.2, -0.15) is 4.31 Å². The van der Waals surface area contributed by atoms with E-state index in [1.807, 2.05) is 4.90 Å². The number of imidazole rings is 1. The van der Waals surface area contributed by atoms with Gasteiger partial charge in [-0.3, -0.25) is 9.36 Å². The van der Waals surface area contributed by atoms with Crippen LogP contribution in [0.3, 0.4) is 0 Å². The summed E-state index contributed by atoms with van der Waals surface area (Å²) in [6.45, 7) is 4.72. The van der Waals surface area contributed by atoms with Gasteiger partial charge in [0.1, 0.15) is 22.7 Å². The van der Waals surface area contributed by atoms with Crippen LogP contribution >= 0.6 is 0 Å². The first-order valence-corrected chi connectivity index (χ1v) is 11.7. The number of rotatable bonds is 4. The van der Waals surface area contributed by atoms with Gasteiger partial charge >= 0.3 is 0 Å². The number of sulfonamides is 1. The molecule has 0 aliphatic carbocycles. The standard InChI is InChI=1S/C20H27N5O3S/c1-16-6-5-11-25(13-16)29(27,28)17-7-8-19(21-12-17)24-14-18(22-15-24)20(26)23-9-3-2-4-10-23/h7-8,12,14-16H,2-6,9-11,13H2,1H3/t16-/m0/s1. The van der Waals surface area contributed by atoms with Crippen molar-refractivity contribution in [1.82, 2.24) is 23.7 Å². The molecular formula is C20H27N5O3S. The van der Waals surface area contributed by atoms with Gasteiger partial charge < -0.3 is 4.90 Å². The van der Waals surface area contributed by atoms with Crippen LogP contribution in [0, 0.1) is 5.92 Å². The molecule has 156 valence electrons.